The zero-order valence-electron chi connectivity index (χ0n) is 13.7. The van der Waals surface area contributed by atoms with E-state index in [0.29, 0.717) is 33.0 Å². The van der Waals surface area contributed by atoms with Gasteiger partial charge in [0.15, 0.2) is 22.4 Å². The number of hydrogen-bond acceptors (Lipinski definition) is 8. The number of furan rings is 1. The second-order valence-corrected chi connectivity index (χ2v) is 7.46. The van der Waals surface area contributed by atoms with Crippen molar-refractivity contribution in [2.24, 2.45) is 0 Å². The van der Waals surface area contributed by atoms with Gasteiger partial charge in [0.2, 0.25) is 6.79 Å². The highest BCUT2D eigenvalue weighted by molar-refractivity contribution is 7.17. The maximum absolute atomic E-state index is 12.5. The van der Waals surface area contributed by atoms with E-state index in [2.05, 4.69) is 15.3 Å². The summed E-state index contributed by atoms with van der Waals surface area (Å²) < 4.78 is 16.0. The molecule has 5 rings (SSSR count). The lowest BCUT2D eigenvalue weighted by molar-refractivity contribution is 0.103. The fourth-order valence-corrected chi connectivity index (χ4v) is 4.07. The molecule has 27 heavy (non-hydrogen) atoms. The van der Waals surface area contributed by atoms with Crippen LogP contribution in [0.15, 0.2) is 52.6 Å². The first-order valence-electron chi connectivity index (χ1n) is 7.93. The fraction of sp³-hybridized carbons (Fsp3) is 0.0556. The summed E-state index contributed by atoms with van der Waals surface area (Å²) in [6.45, 7) is 0.220. The van der Waals surface area contributed by atoms with Crippen LogP contribution < -0.4 is 14.8 Å². The van der Waals surface area contributed by atoms with Crippen LogP contribution in [0, 0.1) is 0 Å². The maximum Gasteiger partial charge on any atom is 0.269 e. The van der Waals surface area contributed by atoms with Gasteiger partial charge in [0.05, 0.1) is 12.5 Å². The number of thiazole rings is 2. The first-order valence-corrected chi connectivity index (χ1v) is 9.62. The van der Waals surface area contributed by atoms with Gasteiger partial charge in [-0.3, -0.25) is 10.1 Å². The molecule has 4 aromatic rings. The molecular formula is C18H11N3O4S2. The first-order chi connectivity index (χ1) is 13.3. The van der Waals surface area contributed by atoms with E-state index in [1.807, 2.05) is 29.6 Å². The maximum atomic E-state index is 12.5. The molecule has 1 aliphatic heterocycles. The van der Waals surface area contributed by atoms with Gasteiger partial charge in [-0.1, -0.05) is 0 Å². The molecule has 134 valence electrons. The molecule has 0 bridgehead atoms. The van der Waals surface area contributed by atoms with Crippen LogP contribution in [0.25, 0.3) is 22.0 Å². The third-order valence-corrected chi connectivity index (χ3v) is 5.65. The Labute approximate surface area is 161 Å². The average molecular weight is 397 g/mol. The number of nitrogens with one attached hydrogen (secondary N) is 1. The highest BCUT2D eigenvalue weighted by Crippen LogP contribution is 2.37. The molecule has 9 heteroatoms. The van der Waals surface area contributed by atoms with Crippen LogP contribution in [0.2, 0.25) is 0 Å². The number of nitrogens with zero attached hydrogens (tertiary/aromatic N) is 2. The lowest BCUT2D eigenvalue weighted by Gasteiger charge is -1.99. The lowest BCUT2D eigenvalue weighted by Crippen LogP contribution is -2.09. The minimum atomic E-state index is -0.250. The number of fused-ring (bicyclic) bond motifs is 1. The van der Waals surface area contributed by atoms with E-state index in [1.54, 1.807) is 18.5 Å². The van der Waals surface area contributed by atoms with Crippen LogP contribution in [0.5, 0.6) is 11.5 Å². The first kappa shape index (κ1) is 16.0. The highest BCUT2D eigenvalue weighted by atomic mass is 32.1. The molecule has 0 unspecified atom stereocenters. The van der Waals surface area contributed by atoms with E-state index in [4.69, 9.17) is 13.9 Å². The van der Waals surface area contributed by atoms with Crippen LogP contribution in [0.3, 0.4) is 0 Å². The van der Waals surface area contributed by atoms with Crippen molar-refractivity contribution >= 4 is 33.7 Å². The molecular weight excluding hydrogens is 386 g/mol. The molecule has 0 radical (unpaired) electrons. The Morgan fingerprint density at radius 1 is 1.19 bits per heavy atom. The minimum absolute atomic E-state index is 0.220. The number of hydrogen-bond donors (Lipinski definition) is 1. The van der Waals surface area contributed by atoms with E-state index in [-0.39, 0.29) is 12.7 Å². The summed E-state index contributed by atoms with van der Waals surface area (Å²) in [5.74, 6) is 1.81. The Kier molecular flexibility index (Phi) is 3.88. The number of anilines is 1. The smallest absolute Gasteiger partial charge is 0.269 e. The van der Waals surface area contributed by atoms with Crippen LogP contribution in [0.1, 0.15) is 9.67 Å². The van der Waals surface area contributed by atoms with Gasteiger partial charge < -0.3 is 13.9 Å². The molecule has 1 amide bonds. The Hall–Kier alpha value is -3.17. The van der Waals surface area contributed by atoms with Crippen LogP contribution >= 0.6 is 22.7 Å². The number of aromatic nitrogens is 2. The van der Waals surface area contributed by atoms with E-state index in [0.717, 1.165) is 10.6 Å². The summed E-state index contributed by atoms with van der Waals surface area (Å²) in [4.78, 5) is 21.7. The summed E-state index contributed by atoms with van der Waals surface area (Å²) in [7, 11) is 0. The Morgan fingerprint density at radius 2 is 2.11 bits per heavy atom. The quantitative estimate of drug-likeness (QED) is 0.545. The van der Waals surface area contributed by atoms with Crippen molar-refractivity contribution in [3.63, 3.8) is 0 Å². The number of amides is 1. The van der Waals surface area contributed by atoms with E-state index < -0.39 is 0 Å². The molecule has 0 fully saturated rings. The molecule has 0 atom stereocenters. The second-order valence-electron chi connectivity index (χ2n) is 5.57. The second kappa shape index (κ2) is 6.53. The molecule has 0 saturated carbocycles. The predicted octanol–water partition coefficient (Wildman–Crippen LogP) is 4.51. The number of carbonyl (C=O) groups is 1. The molecule has 0 aliphatic carbocycles. The van der Waals surface area contributed by atoms with Crippen molar-refractivity contribution in [1.29, 1.82) is 0 Å². The lowest BCUT2D eigenvalue weighted by atomic mass is 10.2. The van der Waals surface area contributed by atoms with E-state index in [9.17, 15) is 4.79 Å². The summed E-state index contributed by atoms with van der Waals surface area (Å²) >= 11 is 2.64. The molecule has 1 aliphatic rings. The summed E-state index contributed by atoms with van der Waals surface area (Å²) in [6, 6.07) is 9.21. The predicted molar refractivity (Wildman–Crippen MR) is 101 cm³/mol. The molecule has 0 saturated heterocycles. The number of rotatable bonds is 4. The summed E-state index contributed by atoms with van der Waals surface area (Å²) in [6.07, 6.45) is 3.14. The minimum Gasteiger partial charge on any atom is -0.463 e. The molecule has 3 aromatic heterocycles. The zero-order chi connectivity index (χ0) is 18.2. The van der Waals surface area contributed by atoms with Crippen molar-refractivity contribution in [2.45, 2.75) is 0 Å². The zero-order valence-corrected chi connectivity index (χ0v) is 15.3. The highest BCUT2D eigenvalue weighted by Gasteiger charge is 2.18. The summed E-state index contributed by atoms with van der Waals surface area (Å²) in [5.41, 5.74) is 1.56. The van der Waals surface area contributed by atoms with Gasteiger partial charge in [0, 0.05) is 10.9 Å². The average Bonchev–Trinajstić information content (AvgIpc) is 3.47. The van der Waals surface area contributed by atoms with E-state index in [1.165, 1.54) is 22.7 Å². The largest absolute Gasteiger partial charge is 0.463 e. The molecule has 4 heterocycles. The molecule has 7 nitrogen and oxygen atoms in total. The number of benzene rings is 1. The van der Waals surface area contributed by atoms with Gasteiger partial charge in [-0.15, -0.1) is 22.7 Å². The van der Waals surface area contributed by atoms with Gasteiger partial charge in [-0.2, -0.15) is 0 Å². The Bertz CT molecular complexity index is 1120. The van der Waals surface area contributed by atoms with Crippen LogP contribution in [0.4, 0.5) is 5.13 Å². The van der Waals surface area contributed by atoms with Crippen molar-refractivity contribution in [3.8, 4) is 33.5 Å². The topological polar surface area (TPSA) is 86.5 Å². The van der Waals surface area contributed by atoms with Gasteiger partial charge in [-0.25, -0.2) is 9.97 Å². The monoisotopic (exact) mass is 397 g/mol. The molecule has 1 N–H and O–H groups in total. The van der Waals surface area contributed by atoms with E-state index >= 15 is 0 Å². The third-order valence-electron chi connectivity index (χ3n) is 3.85. The van der Waals surface area contributed by atoms with Crippen molar-refractivity contribution in [3.05, 3.63) is 53.0 Å². The number of carbonyl (C=O) groups excluding carboxylic acids is 1. The van der Waals surface area contributed by atoms with Crippen LogP contribution in [-0.2, 0) is 0 Å². The van der Waals surface area contributed by atoms with Gasteiger partial charge in [0.25, 0.3) is 5.91 Å². The molecule has 1 aromatic carbocycles. The summed E-state index contributed by atoms with van der Waals surface area (Å²) in [5, 5.41) is 5.87. The van der Waals surface area contributed by atoms with Crippen molar-refractivity contribution in [1.82, 2.24) is 9.97 Å². The normalized spacial score (nSPS) is 12.3. The van der Waals surface area contributed by atoms with Crippen LogP contribution in [-0.4, -0.2) is 22.7 Å². The third kappa shape index (κ3) is 3.07. The van der Waals surface area contributed by atoms with Gasteiger partial charge in [-0.05, 0) is 30.3 Å². The van der Waals surface area contributed by atoms with Gasteiger partial charge >= 0.3 is 0 Å². The van der Waals surface area contributed by atoms with Crippen molar-refractivity contribution in [2.75, 3.05) is 12.1 Å². The van der Waals surface area contributed by atoms with Gasteiger partial charge in [0.1, 0.15) is 15.6 Å². The number of ether oxygens (including phenoxy) is 2. The van der Waals surface area contributed by atoms with Crippen molar-refractivity contribution < 1.29 is 18.7 Å². The Balaban J connectivity index is 1.33. The Morgan fingerprint density at radius 3 is 3.00 bits per heavy atom. The SMILES string of the molecule is O=C(Nc1nc(-c2ccco2)cs1)c1cnc(-c2ccc3c(c2)OCO3)s1. The molecule has 0 spiro atoms. The fourth-order valence-electron chi connectivity index (χ4n) is 2.57. The standard InChI is InChI=1S/C18H11N3O4S2/c22-16(21-18-20-11(8-26-18)12-2-1-5-23-12)15-7-19-17(27-15)10-3-4-13-14(6-10)25-9-24-13/h1-8H,9H2,(H,20,21,22).